The van der Waals surface area contributed by atoms with Gasteiger partial charge in [0, 0.05) is 36.8 Å². The number of carbonyl (C=O) groups is 2. The second-order valence-electron chi connectivity index (χ2n) is 6.35. The molecule has 1 amide bonds. The molecule has 1 aliphatic heterocycles. The van der Waals surface area contributed by atoms with Crippen molar-refractivity contribution >= 4 is 11.7 Å². The molecule has 1 N–H and O–H groups in total. The van der Waals surface area contributed by atoms with Crippen molar-refractivity contribution in [1.82, 2.24) is 10.2 Å². The number of Topliss-reactive ketones (excluding diaryl/α,β-unsaturated/α-hetero) is 1. The van der Waals surface area contributed by atoms with Crippen LogP contribution in [0.5, 0.6) is 5.75 Å². The van der Waals surface area contributed by atoms with Gasteiger partial charge < -0.3 is 14.8 Å². The van der Waals surface area contributed by atoms with Gasteiger partial charge in [-0.3, -0.25) is 14.5 Å². The third kappa shape index (κ3) is 5.83. The number of methoxy groups -OCH3 is 1. The first-order chi connectivity index (χ1) is 12.0. The molecule has 1 heterocycles. The van der Waals surface area contributed by atoms with E-state index >= 15 is 0 Å². The van der Waals surface area contributed by atoms with Crippen LogP contribution in [0, 0.1) is 0 Å². The summed E-state index contributed by atoms with van der Waals surface area (Å²) in [6.07, 6.45) is 1.07. The molecule has 1 atom stereocenters. The number of hydrogen-bond donors (Lipinski definition) is 1. The summed E-state index contributed by atoms with van der Waals surface area (Å²) in [6.45, 7) is 7.72. The molecule has 1 fully saturated rings. The number of amides is 1. The Bertz CT molecular complexity index is 597. The van der Waals surface area contributed by atoms with Gasteiger partial charge in [0.05, 0.1) is 26.7 Å². The molecule has 0 radical (unpaired) electrons. The molecule has 6 heteroatoms. The minimum Gasteiger partial charge on any atom is -0.496 e. The zero-order valence-electron chi connectivity index (χ0n) is 15.3. The smallest absolute Gasteiger partial charge is 0.224 e. The van der Waals surface area contributed by atoms with Crippen LogP contribution in [0.1, 0.15) is 36.2 Å². The Morgan fingerprint density at radius 2 is 2.04 bits per heavy atom. The van der Waals surface area contributed by atoms with E-state index < -0.39 is 0 Å². The molecule has 0 aromatic heterocycles. The average Bonchev–Trinajstić information content (AvgIpc) is 2.61. The fourth-order valence-corrected chi connectivity index (χ4v) is 2.96. The lowest BCUT2D eigenvalue weighted by Gasteiger charge is -2.30. The summed E-state index contributed by atoms with van der Waals surface area (Å²) in [6, 6.07) is 5.30. The van der Waals surface area contributed by atoms with E-state index in [1.807, 2.05) is 0 Å². The number of morpholine rings is 1. The zero-order chi connectivity index (χ0) is 18.2. The predicted molar refractivity (Wildman–Crippen MR) is 96.2 cm³/mol. The summed E-state index contributed by atoms with van der Waals surface area (Å²) < 4.78 is 10.7. The first-order valence-electron chi connectivity index (χ1n) is 8.80. The third-order valence-corrected chi connectivity index (χ3v) is 4.48. The summed E-state index contributed by atoms with van der Waals surface area (Å²) in [4.78, 5) is 26.4. The Hall–Kier alpha value is -1.92. The van der Waals surface area contributed by atoms with Crippen LogP contribution in [0.4, 0.5) is 0 Å². The van der Waals surface area contributed by atoms with Crippen molar-refractivity contribution in [3.05, 3.63) is 29.3 Å². The molecule has 0 bridgehead atoms. The van der Waals surface area contributed by atoms with Crippen molar-refractivity contribution in [3.63, 3.8) is 0 Å². The lowest BCUT2D eigenvalue weighted by atomic mass is 10.0. The van der Waals surface area contributed by atoms with Crippen LogP contribution in [0.15, 0.2) is 18.2 Å². The van der Waals surface area contributed by atoms with Gasteiger partial charge in [-0.15, -0.1) is 0 Å². The lowest BCUT2D eigenvalue weighted by molar-refractivity contribution is -0.121. The molecular weight excluding hydrogens is 320 g/mol. The molecular formula is C19H28N2O4. The van der Waals surface area contributed by atoms with Crippen molar-refractivity contribution in [3.8, 4) is 5.75 Å². The first kappa shape index (κ1) is 19.4. The zero-order valence-corrected chi connectivity index (χ0v) is 15.3. The van der Waals surface area contributed by atoms with E-state index in [4.69, 9.17) is 9.47 Å². The lowest BCUT2D eigenvalue weighted by Crippen LogP contribution is -2.47. The summed E-state index contributed by atoms with van der Waals surface area (Å²) in [5.74, 6) is 0.545. The molecule has 1 aromatic carbocycles. The maximum absolute atomic E-state index is 12.5. The minimum absolute atomic E-state index is 0.0249. The van der Waals surface area contributed by atoms with Crippen molar-refractivity contribution in [1.29, 1.82) is 0 Å². The van der Waals surface area contributed by atoms with Gasteiger partial charge in [-0.05, 0) is 31.5 Å². The van der Waals surface area contributed by atoms with Gasteiger partial charge in [-0.1, -0.05) is 6.92 Å². The Kier molecular flexibility index (Phi) is 7.40. The third-order valence-electron chi connectivity index (χ3n) is 4.48. The average molecular weight is 348 g/mol. The molecule has 1 aromatic rings. The molecule has 1 aliphatic rings. The molecule has 2 rings (SSSR count). The van der Waals surface area contributed by atoms with Crippen LogP contribution >= 0.6 is 0 Å². The summed E-state index contributed by atoms with van der Waals surface area (Å²) in [5, 5.41) is 3.10. The minimum atomic E-state index is -0.0564. The number of benzene rings is 1. The Morgan fingerprint density at radius 1 is 1.32 bits per heavy atom. The number of hydrogen-bond acceptors (Lipinski definition) is 5. The first-order valence-corrected chi connectivity index (χ1v) is 8.80. The Balaban J connectivity index is 1.97. The van der Waals surface area contributed by atoms with Crippen LogP contribution in [-0.4, -0.2) is 62.6 Å². The molecule has 25 heavy (non-hydrogen) atoms. The van der Waals surface area contributed by atoms with Crippen LogP contribution in [0.25, 0.3) is 0 Å². The van der Waals surface area contributed by atoms with Gasteiger partial charge in [0.25, 0.3) is 0 Å². The van der Waals surface area contributed by atoms with E-state index in [-0.39, 0.29) is 24.2 Å². The molecule has 138 valence electrons. The summed E-state index contributed by atoms with van der Waals surface area (Å²) in [7, 11) is 1.57. The van der Waals surface area contributed by atoms with E-state index in [2.05, 4.69) is 17.1 Å². The van der Waals surface area contributed by atoms with Crippen LogP contribution in [0.2, 0.25) is 0 Å². The monoisotopic (exact) mass is 348 g/mol. The van der Waals surface area contributed by atoms with E-state index in [9.17, 15) is 9.59 Å². The van der Waals surface area contributed by atoms with Gasteiger partial charge in [0.1, 0.15) is 5.75 Å². The second-order valence-corrected chi connectivity index (χ2v) is 6.35. The fourth-order valence-electron chi connectivity index (χ4n) is 2.96. The topological polar surface area (TPSA) is 67.9 Å². The number of rotatable bonds is 8. The predicted octanol–water partition coefficient (Wildman–Crippen LogP) is 1.67. The SMILES string of the molecule is CCC(CN1CCOCC1)NC(=O)Cc1cc(C(C)=O)ccc1OC. The molecule has 6 nitrogen and oxygen atoms in total. The molecule has 0 spiro atoms. The highest BCUT2D eigenvalue weighted by Gasteiger charge is 2.18. The highest BCUT2D eigenvalue weighted by Crippen LogP contribution is 2.21. The van der Waals surface area contributed by atoms with Gasteiger partial charge in [-0.25, -0.2) is 0 Å². The van der Waals surface area contributed by atoms with E-state index in [0.29, 0.717) is 11.3 Å². The summed E-state index contributed by atoms with van der Waals surface area (Å²) in [5.41, 5.74) is 1.32. The highest BCUT2D eigenvalue weighted by molar-refractivity contribution is 5.94. The number of carbonyl (C=O) groups excluding carboxylic acids is 2. The van der Waals surface area contributed by atoms with Crippen molar-refractivity contribution < 1.29 is 19.1 Å². The fraction of sp³-hybridized carbons (Fsp3) is 0.579. The van der Waals surface area contributed by atoms with E-state index in [1.165, 1.54) is 6.92 Å². The maximum atomic E-state index is 12.5. The van der Waals surface area contributed by atoms with Crippen LogP contribution in [0.3, 0.4) is 0 Å². The van der Waals surface area contributed by atoms with Crippen LogP contribution < -0.4 is 10.1 Å². The highest BCUT2D eigenvalue weighted by atomic mass is 16.5. The quantitative estimate of drug-likeness (QED) is 0.724. The number of ketones is 1. The second kappa shape index (κ2) is 9.53. The molecule has 0 saturated carbocycles. The molecule has 1 saturated heterocycles. The normalized spacial score (nSPS) is 16.3. The Morgan fingerprint density at radius 3 is 2.64 bits per heavy atom. The van der Waals surface area contributed by atoms with Crippen molar-refractivity contribution in [2.45, 2.75) is 32.7 Å². The van der Waals surface area contributed by atoms with Gasteiger partial charge in [0.2, 0.25) is 5.91 Å². The summed E-state index contributed by atoms with van der Waals surface area (Å²) >= 11 is 0. The Labute approximate surface area is 149 Å². The molecule has 0 aliphatic carbocycles. The van der Waals surface area contributed by atoms with Gasteiger partial charge in [-0.2, -0.15) is 0 Å². The largest absolute Gasteiger partial charge is 0.496 e. The standard InChI is InChI=1S/C19H28N2O4/c1-4-17(13-21-7-9-25-10-8-21)20-19(23)12-16-11-15(14(2)22)5-6-18(16)24-3/h5-6,11,17H,4,7-10,12-13H2,1-3H3,(H,20,23). The van der Waals surface area contributed by atoms with Crippen molar-refractivity contribution in [2.75, 3.05) is 40.0 Å². The number of ether oxygens (including phenoxy) is 2. The maximum Gasteiger partial charge on any atom is 0.224 e. The van der Waals surface area contributed by atoms with Gasteiger partial charge >= 0.3 is 0 Å². The van der Waals surface area contributed by atoms with Crippen molar-refractivity contribution in [2.24, 2.45) is 0 Å². The van der Waals surface area contributed by atoms with Gasteiger partial charge in [0.15, 0.2) is 5.78 Å². The molecule has 1 unspecified atom stereocenters. The van der Waals surface area contributed by atoms with E-state index in [0.717, 1.165) is 44.8 Å². The van der Waals surface area contributed by atoms with E-state index in [1.54, 1.807) is 25.3 Å². The number of nitrogens with zero attached hydrogens (tertiary/aromatic N) is 1. The number of nitrogens with one attached hydrogen (secondary N) is 1. The van der Waals surface area contributed by atoms with Crippen LogP contribution in [-0.2, 0) is 16.0 Å².